The molecule has 2 N–H and O–H groups in total. The molecule has 18 heavy (non-hydrogen) atoms. The lowest BCUT2D eigenvalue weighted by molar-refractivity contribution is 0.473. The Morgan fingerprint density at radius 3 is 2.67 bits per heavy atom. The van der Waals surface area contributed by atoms with Crippen molar-refractivity contribution in [2.75, 3.05) is 0 Å². The lowest BCUT2D eigenvalue weighted by atomic mass is 10.3. The van der Waals surface area contributed by atoms with Crippen molar-refractivity contribution in [1.82, 2.24) is 9.71 Å². The fourth-order valence-electron chi connectivity index (χ4n) is 1.41. The van der Waals surface area contributed by atoms with Gasteiger partial charge in [0.25, 0.3) is 0 Å². The first-order valence-corrected chi connectivity index (χ1v) is 6.75. The molecule has 1 aromatic carbocycles. The molecular weight excluding hydrogens is 252 g/mol. The molecule has 5 nitrogen and oxygen atoms in total. The Hall–Kier alpha value is -1.92. The van der Waals surface area contributed by atoms with Gasteiger partial charge in [0.05, 0.1) is 17.1 Å². The number of benzene rings is 1. The highest BCUT2D eigenvalue weighted by molar-refractivity contribution is 7.89. The molecule has 0 radical (unpaired) electrons. The summed E-state index contributed by atoms with van der Waals surface area (Å²) in [4.78, 5) is 4.04. The number of aromatic nitrogens is 1. The Kier molecular flexibility index (Phi) is 3.59. The van der Waals surface area contributed by atoms with E-state index in [-0.39, 0.29) is 17.2 Å². The van der Waals surface area contributed by atoms with Crippen LogP contribution in [0, 0.1) is 0 Å². The smallest absolute Gasteiger partial charge is 0.241 e. The van der Waals surface area contributed by atoms with Gasteiger partial charge in [-0.3, -0.25) is 4.98 Å². The number of pyridine rings is 1. The second-order valence-electron chi connectivity index (χ2n) is 3.64. The van der Waals surface area contributed by atoms with E-state index < -0.39 is 10.0 Å². The lowest BCUT2D eigenvalue weighted by Crippen LogP contribution is -2.23. The fraction of sp³-hybridized carbons (Fsp3) is 0.0833. The van der Waals surface area contributed by atoms with Gasteiger partial charge in [0, 0.05) is 6.20 Å². The minimum Gasteiger partial charge on any atom is -0.508 e. The maximum atomic E-state index is 11.9. The Labute approximate surface area is 105 Å². The molecule has 0 bridgehead atoms. The van der Waals surface area contributed by atoms with E-state index in [0.29, 0.717) is 5.69 Å². The number of rotatable bonds is 4. The maximum Gasteiger partial charge on any atom is 0.241 e. The van der Waals surface area contributed by atoms with Gasteiger partial charge in [0.1, 0.15) is 5.75 Å². The molecule has 0 fully saturated rings. The van der Waals surface area contributed by atoms with Gasteiger partial charge in [-0.05, 0) is 30.3 Å². The van der Waals surface area contributed by atoms with Gasteiger partial charge in [0.2, 0.25) is 10.0 Å². The number of phenols is 1. The van der Waals surface area contributed by atoms with E-state index in [1.807, 2.05) is 0 Å². The van der Waals surface area contributed by atoms with Crippen molar-refractivity contribution >= 4 is 10.0 Å². The van der Waals surface area contributed by atoms with Gasteiger partial charge in [-0.2, -0.15) is 0 Å². The summed E-state index contributed by atoms with van der Waals surface area (Å²) in [5.74, 6) is -0.0873. The lowest BCUT2D eigenvalue weighted by Gasteiger charge is -2.06. The van der Waals surface area contributed by atoms with Crippen molar-refractivity contribution in [3.63, 3.8) is 0 Å². The van der Waals surface area contributed by atoms with Gasteiger partial charge in [0.15, 0.2) is 0 Å². The molecule has 1 aromatic heterocycles. The average Bonchev–Trinajstić information content (AvgIpc) is 2.38. The first-order chi connectivity index (χ1) is 8.58. The molecule has 0 saturated heterocycles. The number of hydrogen-bond acceptors (Lipinski definition) is 4. The predicted molar refractivity (Wildman–Crippen MR) is 66.4 cm³/mol. The molecule has 0 aliphatic rings. The monoisotopic (exact) mass is 264 g/mol. The highest BCUT2D eigenvalue weighted by atomic mass is 32.2. The van der Waals surface area contributed by atoms with Gasteiger partial charge >= 0.3 is 0 Å². The summed E-state index contributed by atoms with van der Waals surface area (Å²) in [5.41, 5.74) is 0.626. The third kappa shape index (κ3) is 3.06. The molecule has 0 aliphatic heterocycles. The van der Waals surface area contributed by atoms with E-state index in [1.165, 1.54) is 24.3 Å². The quantitative estimate of drug-likeness (QED) is 0.871. The molecule has 0 atom stereocenters. The summed E-state index contributed by atoms with van der Waals surface area (Å²) >= 11 is 0. The van der Waals surface area contributed by atoms with Gasteiger partial charge in [-0.25, -0.2) is 13.1 Å². The SMILES string of the molecule is O=S(=O)(NCc1ccccn1)c1cccc(O)c1. The first kappa shape index (κ1) is 12.5. The largest absolute Gasteiger partial charge is 0.508 e. The highest BCUT2D eigenvalue weighted by Crippen LogP contribution is 2.15. The molecule has 0 unspecified atom stereocenters. The van der Waals surface area contributed by atoms with E-state index in [2.05, 4.69) is 9.71 Å². The minimum atomic E-state index is -3.63. The molecule has 0 saturated carbocycles. The van der Waals surface area contributed by atoms with E-state index >= 15 is 0 Å². The number of sulfonamides is 1. The molecular formula is C12H12N2O3S. The summed E-state index contributed by atoms with van der Waals surface area (Å²) in [7, 11) is -3.63. The fourth-order valence-corrected chi connectivity index (χ4v) is 2.44. The predicted octanol–water partition coefficient (Wildman–Crippen LogP) is 1.27. The second-order valence-corrected chi connectivity index (χ2v) is 5.41. The van der Waals surface area contributed by atoms with Crippen molar-refractivity contribution in [1.29, 1.82) is 0 Å². The number of nitrogens with one attached hydrogen (secondary N) is 1. The van der Waals surface area contributed by atoms with Crippen LogP contribution in [0.4, 0.5) is 0 Å². The van der Waals surface area contributed by atoms with Crippen molar-refractivity contribution in [2.24, 2.45) is 0 Å². The zero-order valence-electron chi connectivity index (χ0n) is 9.45. The van der Waals surface area contributed by atoms with Crippen LogP contribution in [-0.2, 0) is 16.6 Å². The Morgan fingerprint density at radius 2 is 2.00 bits per heavy atom. The molecule has 1 heterocycles. The second kappa shape index (κ2) is 5.16. The van der Waals surface area contributed by atoms with Crippen LogP contribution in [0.3, 0.4) is 0 Å². The Balaban J connectivity index is 2.13. The number of nitrogens with zero attached hydrogens (tertiary/aromatic N) is 1. The molecule has 0 spiro atoms. The molecule has 94 valence electrons. The van der Waals surface area contributed by atoms with Crippen LogP contribution in [0.15, 0.2) is 53.6 Å². The Morgan fingerprint density at radius 1 is 1.17 bits per heavy atom. The standard InChI is InChI=1S/C12H12N2O3S/c15-11-5-3-6-12(8-11)18(16,17)14-9-10-4-1-2-7-13-10/h1-8,14-15H,9H2. The summed E-state index contributed by atoms with van der Waals surface area (Å²) in [6.45, 7) is 0.110. The van der Waals surface area contributed by atoms with Crippen molar-refractivity contribution in [3.05, 3.63) is 54.4 Å². The Bertz CT molecular complexity index is 627. The van der Waals surface area contributed by atoms with E-state index in [9.17, 15) is 13.5 Å². The third-order valence-electron chi connectivity index (χ3n) is 2.30. The maximum absolute atomic E-state index is 11.9. The van der Waals surface area contributed by atoms with Crippen LogP contribution < -0.4 is 4.72 Å². The van der Waals surface area contributed by atoms with Gasteiger partial charge < -0.3 is 5.11 Å². The van der Waals surface area contributed by atoms with Crippen LogP contribution in [0.1, 0.15) is 5.69 Å². The van der Waals surface area contributed by atoms with E-state index in [0.717, 1.165) is 0 Å². The third-order valence-corrected chi connectivity index (χ3v) is 3.70. The van der Waals surface area contributed by atoms with Crippen LogP contribution in [0.5, 0.6) is 5.75 Å². The summed E-state index contributed by atoms with van der Waals surface area (Å²) < 4.78 is 26.2. The zero-order valence-corrected chi connectivity index (χ0v) is 10.3. The number of aromatic hydroxyl groups is 1. The van der Waals surface area contributed by atoms with Gasteiger partial charge in [-0.15, -0.1) is 0 Å². The zero-order chi connectivity index (χ0) is 13.0. The molecule has 0 amide bonds. The molecule has 0 aliphatic carbocycles. The van der Waals surface area contributed by atoms with Crippen LogP contribution in [0.25, 0.3) is 0 Å². The van der Waals surface area contributed by atoms with Crippen molar-refractivity contribution in [3.8, 4) is 5.75 Å². The van der Waals surface area contributed by atoms with Gasteiger partial charge in [-0.1, -0.05) is 12.1 Å². The topological polar surface area (TPSA) is 79.3 Å². The molecule has 2 rings (SSSR count). The van der Waals surface area contributed by atoms with Crippen molar-refractivity contribution < 1.29 is 13.5 Å². The van der Waals surface area contributed by atoms with Crippen molar-refractivity contribution in [2.45, 2.75) is 11.4 Å². The van der Waals surface area contributed by atoms with Crippen LogP contribution in [-0.4, -0.2) is 18.5 Å². The van der Waals surface area contributed by atoms with Crippen LogP contribution >= 0.6 is 0 Å². The summed E-state index contributed by atoms with van der Waals surface area (Å²) in [6.07, 6.45) is 1.60. The molecule has 2 aromatic rings. The minimum absolute atomic E-state index is 0.0263. The number of hydrogen-bond donors (Lipinski definition) is 2. The highest BCUT2D eigenvalue weighted by Gasteiger charge is 2.14. The summed E-state index contributed by atoms with van der Waals surface area (Å²) in [5, 5.41) is 9.26. The average molecular weight is 264 g/mol. The van der Waals surface area contributed by atoms with Crippen LogP contribution in [0.2, 0.25) is 0 Å². The van der Waals surface area contributed by atoms with E-state index in [1.54, 1.807) is 24.4 Å². The van der Waals surface area contributed by atoms with E-state index in [4.69, 9.17) is 0 Å². The molecule has 6 heteroatoms. The first-order valence-electron chi connectivity index (χ1n) is 5.26. The number of phenolic OH excluding ortho intramolecular Hbond substituents is 1. The normalized spacial score (nSPS) is 11.3. The summed E-state index contributed by atoms with van der Waals surface area (Å²) in [6, 6.07) is 10.8.